The van der Waals surface area contributed by atoms with E-state index in [0.717, 1.165) is 30.5 Å². The van der Waals surface area contributed by atoms with Crippen molar-refractivity contribution in [1.29, 1.82) is 0 Å². The number of benzene rings is 2. The van der Waals surface area contributed by atoms with Crippen LogP contribution < -0.4 is 21.1 Å². The van der Waals surface area contributed by atoms with Crippen LogP contribution >= 0.6 is 12.4 Å². The molecule has 2 aromatic carbocycles. The monoisotopic (exact) mass is 371 g/mol. The number of hydrogen-bond acceptors (Lipinski definition) is 5. The van der Waals surface area contributed by atoms with Gasteiger partial charge in [0.1, 0.15) is 12.0 Å². The molecule has 2 aromatic rings. The topological polar surface area (TPSA) is 81.6 Å². The lowest BCUT2D eigenvalue weighted by atomic mass is 9.94. The van der Waals surface area contributed by atoms with Gasteiger partial charge in [-0.15, -0.1) is 12.4 Å². The lowest BCUT2D eigenvalue weighted by Crippen LogP contribution is -2.17. The molecule has 0 amide bonds. The van der Waals surface area contributed by atoms with Gasteiger partial charge in [-0.05, 0) is 49.2 Å². The van der Waals surface area contributed by atoms with Crippen LogP contribution in [0.4, 0.5) is 17.1 Å². The number of allylic oxidation sites excluding steroid dienone is 1. The second-order valence-electron chi connectivity index (χ2n) is 6.52. The molecule has 2 heterocycles. The molecular formula is C20H22ClN3O2. The van der Waals surface area contributed by atoms with Gasteiger partial charge in [0.25, 0.3) is 0 Å². The number of halogens is 1. The Morgan fingerprint density at radius 1 is 1.04 bits per heavy atom. The summed E-state index contributed by atoms with van der Waals surface area (Å²) in [5, 5.41) is 0. The molecule has 26 heavy (non-hydrogen) atoms. The lowest BCUT2D eigenvalue weighted by molar-refractivity contribution is -0.108. The minimum Gasteiger partial charge on any atom is -0.454 e. The summed E-state index contributed by atoms with van der Waals surface area (Å²) >= 11 is 0. The first-order chi connectivity index (χ1) is 12.2. The van der Waals surface area contributed by atoms with Crippen LogP contribution in [-0.2, 0) is 4.79 Å². The summed E-state index contributed by atoms with van der Waals surface area (Å²) in [4.78, 5) is 13.9. The number of carbonyl (C=O) groups excluding carboxylic acids is 1. The van der Waals surface area contributed by atoms with E-state index in [-0.39, 0.29) is 18.3 Å². The third kappa shape index (κ3) is 3.10. The van der Waals surface area contributed by atoms with E-state index in [4.69, 9.17) is 16.2 Å². The largest absolute Gasteiger partial charge is 0.454 e. The van der Waals surface area contributed by atoms with Gasteiger partial charge < -0.3 is 25.9 Å². The van der Waals surface area contributed by atoms with Gasteiger partial charge in [-0.1, -0.05) is 6.07 Å². The number of aldehydes is 1. The normalized spacial score (nSPS) is 18.4. The van der Waals surface area contributed by atoms with Gasteiger partial charge in [-0.25, -0.2) is 0 Å². The number of nitrogens with zero attached hydrogens (tertiary/aromatic N) is 1. The zero-order valence-corrected chi connectivity index (χ0v) is 15.2. The maximum atomic E-state index is 11.5. The number of carbonyl (C=O) groups is 1. The van der Waals surface area contributed by atoms with Crippen molar-refractivity contribution in [2.75, 3.05) is 29.5 Å². The number of ether oxygens (including phenoxy) is 1. The summed E-state index contributed by atoms with van der Waals surface area (Å²) in [5.74, 6) is 0.730. The zero-order chi connectivity index (χ0) is 17.4. The summed E-state index contributed by atoms with van der Waals surface area (Å²) in [6, 6.07) is 11.7. The smallest absolute Gasteiger partial charge is 0.156 e. The fourth-order valence-electron chi connectivity index (χ4n) is 3.48. The number of anilines is 3. The second kappa shape index (κ2) is 7.30. The van der Waals surface area contributed by atoms with E-state index in [1.807, 2.05) is 18.2 Å². The van der Waals surface area contributed by atoms with Crippen LogP contribution in [-0.4, -0.2) is 19.4 Å². The maximum absolute atomic E-state index is 11.5. The third-order valence-electron chi connectivity index (χ3n) is 4.93. The highest BCUT2D eigenvalue weighted by Gasteiger charge is 2.25. The van der Waals surface area contributed by atoms with E-state index in [0.29, 0.717) is 22.9 Å². The third-order valence-corrected chi connectivity index (χ3v) is 4.93. The molecule has 0 aromatic heterocycles. The fourth-order valence-corrected chi connectivity index (χ4v) is 3.48. The first-order valence-electron chi connectivity index (χ1n) is 8.55. The van der Waals surface area contributed by atoms with Crippen molar-refractivity contribution in [2.24, 2.45) is 0 Å². The SMILES string of the molecule is Cl.Nc1ccc2c(c1N)OC(c1ccc(N3CCCC3)cc1)=CC2C=O. The molecule has 2 aliphatic rings. The predicted molar refractivity (Wildman–Crippen MR) is 108 cm³/mol. The van der Waals surface area contributed by atoms with Crippen molar-refractivity contribution in [1.82, 2.24) is 0 Å². The molecule has 0 saturated carbocycles. The molecule has 1 atom stereocenters. The molecule has 0 radical (unpaired) electrons. The van der Waals surface area contributed by atoms with Crippen LogP contribution in [0.15, 0.2) is 42.5 Å². The molecule has 136 valence electrons. The van der Waals surface area contributed by atoms with Crippen LogP contribution in [0.5, 0.6) is 5.75 Å². The Morgan fingerprint density at radius 2 is 1.73 bits per heavy atom. The number of nitrogen functional groups attached to an aromatic ring is 2. The van der Waals surface area contributed by atoms with Crippen molar-refractivity contribution in [3.8, 4) is 5.75 Å². The van der Waals surface area contributed by atoms with E-state index < -0.39 is 0 Å². The number of nitrogens with two attached hydrogens (primary N) is 2. The minimum absolute atomic E-state index is 0. The second-order valence-corrected chi connectivity index (χ2v) is 6.52. The molecule has 0 spiro atoms. The summed E-state index contributed by atoms with van der Waals surface area (Å²) in [5.41, 5.74) is 15.7. The highest BCUT2D eigenvalue weighted by atomic mass is 35.5. The summed E-state index contributed by atoms with van der Waals surface area (Å²) < 4.78 is 6.01. The maximum Gasteiger partial charge on any atom is 0.156 e. The number of hydrogen-bond donors (Lipinski definition) is 2. The summed E-state index contributed by atoms with van der Waals surface area (Å²) in [7, 11) is 0. The highest BCUT2D eigenvalue weighted by Crippen LogP contribution is 2.42. The Kier molecular flexibility index (Phi) is 5.09. The van der Waals surface area contributed by atoms with Crippen LogP contribution in [0.2, 0.25) is 0 Å². The standard InChI is InChI=1S/C20H21N3O2.ClH/c21-17-8-7-16-14(12-24)11-18(25-20(16)19(17)22)13-3-5-15(6-4-13)23-9-1-2-10-23;/h3-8,11-12,14H,1-2,9-10,21-22H2;1H. The molecule has 1 fully saturated rings. The molecule has 0 bridgehead atoms. The Morgan fingerprint density at radius 3 is 2.38 bits per heavy atom. The van der Waals surface area contributed by atoms with Crippen molar-refractivity contribution >= 4 is 41.5 Å². The average Bonchev–Trinajstić information content (AvgIpc) is 3.19. The molecule has 6 heteroatoms. The summed E-state index contributed by atoms with van der Waals surface area (Å²) in [6.07, 6.45) is 5.22. The molecule has 0 aliphatic carbocycles. The molecule has 4 rings (SSSR count). The lowest BCUT2D eigenvalue weighted by Gasteiger charge is -2.24. The molecule has 2 aliphatic heterocycles. The van der Waals surface area contributed by atoms with Gasteiger partial charge in [-0.2, -0.15) is 0 Å². The quantitative estimate of drug-likeness (QED) is 0.636. The van der Waals surface area contributed by atoms with Gasteiger partial charge in [-0.3, -0.25) is 0 Å². The Bertz CT molecular complexity index is 843. The minimum atomic E-state index is -0.389. The van der Waals surface area contributed by atoms with Crippen molar-refractivity contribution in [3.05, 3.63) is 53.6 Å². The van der Waals surface area contributed by atoms with Crippen molar-refractivity contribution in [2.45, 2.75) is 18.8 Å². The number of fused-ring (bicyclic) bond motifs is 1. The molecule has 1 unspecified atom stereocenters. The van der Waals surface area contributed by atoms with E-state index in [1.165, 1.54) is 18.5 Å². The number of rotatable bonds is 3. The van der Waals surface area contributed by atoms with Gasteiger partial charge in [0, 0.05) is 29.9 Å². The Hall–Kier alpha value is -2.66. The van der Waals surface area contributed by atoms with Crippen LogP contribution in [0.1, 0.15) is 29.9 Å². The Labute approximate surface area is 159 Å². The fraction of sp³-hybridized carbons (Fsp3) is 0.250. The average molecular weight is 372 g/mol. The van der Waals surface area contributed by atoms with Crippen LogP contribution in [0.3, 0.4) is 0 Å². The van der Waals surface area contributed by atoms with Gasteiger partial charge >= 0.3 is 0 Å². The van der Waals surface area contributed by atoms with Crippen molar-refractivity contribution in [3.63, 3.8) is 0 Å². The van der Waals surface area contributed by atoms with Gasteiger partial charge in [0.05, 0.1) is 17.3 Å². The van der Waals surface area contributed by atoms with E-state index in [1.54, 1.807) is 12.1 Å². The van der Waals surface area contributed by atoms with Crippen LogP contribution in [0, 0.1) is 0 Å². The van der Waals surface area contributed by atoms with E-state index in [9.17, 15) is 4.79 Å². The van der Waals surface area contributed by atoms with Crippen LogP contribution in [0.25, 0.3) is 5.76 Å². The van der Waals surface area contributed by atoms with E-state index in [2.05, 4.69) is 17.0 Å². The molecule has 4 N–H and O–H groups in total. The molecular weight excluding hydrogens is 350 g/mol. The summed E-state index contributed by atoms with van der Waals surface area (Å²) in [6.45, 7) is 2.21. The van der Waals surface area contributed by atoms with Crippen molar-refractivity contribution < 1.29 is 9.53 Å². The van der Waals surface area contributed by atoms with Gasteiger partial charge in [0.2, 0.25) is 0 Å². The molecule has 5 nitrogen and oxygen atoms in total. The first-order valence-corrected chi connectivity index (χ1v) is 8.55. The first kappa shape index (κ1) is 18.1. The Balaban J connectivity index is 0.00000196. The van der Waals surface area contributed by atoms with E-state index >= 15 is 0 Å². The predicted octanol–water partition coefficient (Wildman–Crippen LogP) is 3.59. The highest BCUT2D eigenvalue weighted by molar-refractivity contribution is 5.85. The van der Waals surface area contributed by atoms with Gasteiger partial charge in [0.15, 0.2) is 5.75 Å². The molecule has 1 saturated heterocycles. The zero-order valence-electron chi connectivity index (χ0n) is 14.4.